The minimum absolute atomic E-state index is 0.0899. The van der Waals surface area contributed by atoms with Crippen LogP contribution in [-0.2, 0) is 14.4 Å². The van der Waals surface area contributed by atoms with Crippen LogP contribution >= 0.6 is 34.9 Å². The van der Waals surface area contributed by atoms with Gasteiger partial charge in [-0.2, -0.15) is 0 Å². The van der Waals surface area contributed by atoms with Crippen molar-refractivity contribution in [1.29, 1.82) is 0 Å². The zero-order valence-electron chi connectivity index (χ0n) is 17.0. The molecule has 1 aromatic carbocycles. The standard InChI is InChI=1S/C19H18FN5O5S3/c1-7-23-24-19(33-7)32-6-9-5-31-17-13(16(28)25(17)14(9)18(29)30)22-15(27)12(21)8-2-3-11(26)10(20)4-8/h2-4,12-13,17,26H,5-6,21H2,1H3,(H,22,27)(H,29,30)/t12?,13?,17-/m0/s1. The normalized spacial score (nSPS) is 20.8. The summed E-state index contributed by atoms with van der Waals surface area (Å²) in [6.45, 7) is 1.82. The summed E-state index contributed by atoms with van der Waals surface area (Å²) in [5, 5.41) is 29.7. The average molecular weight is 512 g/mol. The quantitative estimate of drug-likeness (QED) is 0.314. The summed E-state index contributed by atoms with van der Waals surface area (Å²) >= 11 is 4.09. The number of rotatable bonds is 7. The van der Waals surface area contributed by atoms with Crippen molar-refractivity contribution >= 4 is 52.6 Å². The molecule has 2 amide bonds. The van der Waals surface area contributed by atoms with Crippen LogP contribution in [0.1, 0.15) is 16.6 Å². The van der Waals surface area contributed by atoms with Gasteiger partial charge in [-0.3, -0.25) is 14.5 Å². The van der Waals surface area contributed by atoms with Crippen LogP contribution < -0.4 is 11.1 Å². The lowest BCUT2D eigenvalue weighted by molar-refractivity contribution is -0.150. The summed E-state index contributed by atoms with van der Waals surface area (Å²) in [6, 6.07) is 1.11. The van der Waals surface area contributed by atoms with E-state index in [1.807, 2.05) is 6.92 Å². The predicted molar refractivity (Wildman–Crippen MR) is 120 cm³/mol. The van der Waals surface area contributed by atoms with Gasteiger partial charge in [0.25, 0.3) is 5.91 Å². The molecule has 0 aliphatic carbocycles. The van der Waals surface area contributed by atoms with Crippen molar-refractivity contribution in [3.8, 4) is 5.75 Å². The number of hydrogen-bond donors (Lipinski definition) is 4. The number of phenolic OH excluding ortho intramolecular Hbond substituents is 1. The minimum atomic E-state index is -1.27. The third kappa shape index (κ3) is 4.55. The Hall–Kier alpha value is -2.68. The number of amides is 2. The van der Waals surface area contributed by atoms with Crippen molar-refractivity contribution < 1.29 is 29.0 Å². The smallest absolute Gasteiger partial charge is 0.352 e. The van der Waals surface area contributed by atoms with E-state index in [1.54, 1.807) is 0 Å². The van der Waals surface area contributed by atoms with E-state index in [-0.39, 0.29) is 11.3 Å². The first-order chi connectivity index (χ1) is 15.7. The van der Waals surface area contributed by atoms with E-state index in [4.69, 9.17) is 5.73 Å². The minimum Gasteiger partial charge on any atom is -0.505 e. The molecule has 4 rings (SSSR count). The van der Waals surface area contributed by atoms with Gasteiger partial charge in [0.2, 0.25) is 5.91 Å². The second-order valence-corrected chi connectivity index (χ2v) is 10.7. The molecule has 1 aromatic heterocycles. The number of phenols is 1. The fourth-order valence-electron chi connectivity index (χ4n) is 3.39. The Morgan fingerprint density at radius 1 is 1.42 bits per heavy atom. The second-order valence-electron chi connectivity index (χ2n) is 7.22. The zero-order valence-corrected chi connectivity index (χ0v) is 19.5. The number of carboxylic acids is 1. The van der Waals surface area contributed by atoms with Crippen LogP contribution in [0.3, 0.4) is 0 Å². The summed E-state index contributed by atoms with van der Waals surface area (Å²) in [5.41, 5.74) is 6.50. The average Bonchev–Trinajstić information content (AvgIpc) is 3.21. The van der Waals surface area contributed by atoms with E-state index in [1.165, 1.54) is 45.8 Å². The SMILES string of the molecule is Cc1nnc(SCC2=C(C(=O)O)N3C(=O)C(NC(=O)C(N)c4ccc(O)c(F)c4)[C@@H]3SC2)s1. The fourth-order valence-corrected chi connectivity index (χ4v) is 6.69. The molecular weight excluding hydrogens is 493 g/mol. The molecule has 2 aromatic rings. The Labute approximate surface area is 199 Å². The first-order valence-corrected chi connectivity index (χ1v) is 12.4. The van der Waals surface area contributed by atoms with E-state index in [0.29, 0.717) is 21.4 Å². The molecule has 174 valence electrons. The first kappa shape index (κ1) is 23.5. The number of carboxylic acid groups (broad SMARTS) is 1. The number of β-lactam (4-membered cyclic amide) rings is 1. The van der Waals surface area contributed by atoms with Crippen LogP contribution in [0.4, 0.5) is 4.39 Å². The number of carbonyl (C=O) groups is 3. The van der Waals surface area contributed by atoms with Gasteiger partial charge in [0, 0.05) is 11.5 Å². The lowest BCUT2D eigenvalue weighted by Crippen LogP contribution is -2.71. The molecule has 0 radical (unpaired) electrons. The summed E-state index contributed by atoms with van der Waals surface area (Å²) in [4.78, 5) is 38.4. The highest BCUT2D eigenvalue weighted by atomic mass is 32.2. The van der Waals surface area contributed by atoms with Crippen LogP contribution in [-0.4, -0.2) is 66.0 Å². The van der Waals surface area contributed by atoms with Gasteiger partial charge in [-0.25, -0.2) is 9.18 Å². The Balaban J connectivity index is 1.45. The van der Waals surface area contributed by atoms with Gasteiger partial charge in [0.05, 0.1) is 0 Å². The van der Waals surface area contributed by atoms with Gasteiger partial charge in [-0.15, -0.1) is 22.0 Å². The molecule has 33 heavy (non-hydrogen) atoms. The van der Waals surface area contributed by atoms with Crippen LogP contribution in [0.5, 0.6) is 5.75 Å². The van der Waals surface area contributed by atoms with Crippen molar-refractivity contribution in [3.63, 3.8) is 0 Å². The molecule has 3 heterocycles. The molecule has 0 saturated carbocycles. The molecule has 0 bridgehead atoms. The lowest BCUT2D eigenvalue weighted by Gasteiger charge is -2.49. The summed E-state index contributed by atoms with van der Waals surface area (Å²) in [6.07, 6.45) is 0. The van der Waals surface area contributed by atoms with Crippen molar-refractivity contribution in [3.05, 3.63) is 45.9 Å². The maximum atomic E-state index is 13.6. The van der Waals surface area contributed by atoms with Gasteiger partial charge in [0.15, 0.2) is 15.9 Å². The number of nitrogens with one attached hydrogen (secondary N) is 1. The molecule has 0 spiro atoms. The van der Waals surface area contributed by atoms with E-state index in [2.05, 4.69) is 15.5 Å². The van der Waals surface area contributed by atoms with Gasteiger partial charge in [0.1, 0.15) is 28.2 Å². The number of carbonyl (C=O) groups excluding carboxylic acids is 2. The van der Waals surface area contributed by atoms with Crippen molar-refractivity contribution in [2.75, 3.05) is 11.5 Å². The fraction of sp³-hybridized carbons (Fsp3) is 0.316. The van der Waals surface area contributed by atoms with Crippen molar-refractivity contribution in [2.24, 2.45) is 5.73 Å². The molecule has 5 N–H and O–H groups in total. The molecule has 10 nitrogen and oxygen atoms in total. The highest BCUT2D eigenvalue weighted by molar-refractivity contribution is 8.01. The number of aromatic hydroxyl groups is 1. The number of benzene rings is 1. The largest absolute Gasteiger partial charge is 0.505 e. The molecule has 2 unspecified atom stereocenters. The third-order valence-electron chi connectivity index (χ3n) is 5.04. The highest BCUT2D eigenvalue weighted by Crippen LogP contribution is 2.42. The lowest BCUT2D eigenvalue weighted by atomic mass is 10.0. The van der Waals surface area contributed by atoms with Crippen LogP contribution in [0, 0.1) is 12.7 Å². The monoisotopic (exact) mass is 511 g/mol. The van der Waals surface area contributed by atoms with Crippen LogP contribution in [0.15, 0.2) is 33.8 Å². The Kier molecular flexibility index (Phi) is 6.61. The van der Waals surface area contributed by atoms with Crippen LogP contribution in [0.2, 0.25) is 0 Å². The third-order valence-corrected chi connectivity index (χ3v) is 8.44. The number of fused-ring (bicyclic) bond motifs is 1. The number of nitrogens with zero attached hydrogens (tertiary/aromatic N) is 3. The maximum Gasteiger partial charge on any atom is 0.352 e. The number of hydrogen-bond acceptors (Lipinski definition) is 10. The maximum absolute atomic E-state index is 13.6. The number of halogens is 1. The zero-order chi connectivity index (χ0) is 23.9. The Morgan fingerprint density at radius 2 is 2.18 bits per heavy atom. The van der Waals surface area contributed by atoms with Gasteiger partial charge in [-0.05, 0) is 30.2 Å². The molecule has 14 heteroatoms. The summed E-state index contributed by atoms with van der Waals surface area (Å²) in [7, 11) is 0. The number of thioether (sulfide) groups is 2. The van der Waals surface area contributed by atoms with Crippen LogP contribution in [0.25, 0.3) is 0 Å². The summed E-state index contributed by atoms with van der Waals surface area (Å²) in [5.74, 6) is -3.29. The predicted octanol–water partition coefficient (Wildman–Crippen LogP) is 1.22. The molecule has 1 saturated heterocycles. The van der Waals surface area contributed by atoms with E-state index in [9.17, 15) is 29.0 Å². The van der Waals surface area contributed by atoms with E-state index < -0.39 is 46.8 Å². The molecule has 2 aliphatic heterocycles. The van der Waals surface area contributed by atoms with Gasteiger partial charge >= 0.3 is 5.97 Å². The number of nitrogens with two attached hydrogens (primary N) is 1. The Morgan fingerprint density at radius 3 is 2.82 bits per heavy atom. The number of aromatic nitrogens is 2. The van der Waals surface area contributed by atoms with Gasteiger partial charge < -0.3 is 21.3 Å². The molecule has 3 atom stereocenters. The van der Waals surface area contributed by atoms with Crippen molar-refractivity contribution in [1.82, 2.24) is 20.4 Å². The molecule has 2 aliphatic rings. The highest BCUT2D eigenvalue weighted by Gasteiger charge is 2.54. The first-order valence-electron chi connectivity index (χ1n) is 9.54. The van der Waals surface area contributed by atoms with E-state index >= 15 is 0 Å². The molecular formula is C19H18FN5O5S3. The van der Waals surface area contributed by atoms with E-state index in [0.717, 1.165) is 17.1 Å². The van der Waals surface area contributed by atoms with Gasteiger partial charge in [-0.1, -0.05) is 29.2 Å². The Bertz CT molecular complexity index is 1170. The van der Waals surface area contributed by atoms with Crippen molar-refractivity contribution in [2.45, 2.75) is 28.7 Å². The number of aryl methyl sites for hydroxylation is 1. The topological polar surface area (TPSA) is 159 Å². The number of aliphatic carboxylic acids is 1. The summed E-state index contributed by atoms with van der Waals surface area (Å²) < 4.78 is 14.3. The second kappa shape index (κ2) is 9.29. The molecule has 1 fully saturated rings.